The first-order valence-electron chi connectivity index (χ1n) is 10.0. The maximum Gasteiger partial charge on any atom is 0.267 e. The van der Waals surface area contributed by atoms with Gasteiger partial charge >= 0.3 is 0 Å². The molecule has 1 aliphatic heterocycles. The van der Waals surface area contributed by atoms with Gasteiger partial charge in [-0.3, -0.25) is 4.79 Å². The topological polar surface area (TPSA) is 84.3 Å². The first-order valence-corrected chi connectivity index (χ1v) is 12.3. The molecule has 0 spiro atoms. The van der Waals surface area contributed by atoms with E-state index in [1.54, 1.807) is 23.7 Å². The monoisotopic (exact) mass is 462 g/mol. The molecule has 0 unspecified atom stereocenters. The fourth-order valence-corrected chi connectivity index (χ4v) is 7.20. The Morgan fingerprint density at radius 1 is 1.23 bits per heavy atom. The number of halogens is 1. The number of amides is 1. The van der Waals surface area contributed by atoms with Gasteiger partial charge in [-0.15, -0.1) is 11.3 Å². The molecule has 0 bridgehead atoms. The number of carbonyl (C=O) groups is 1. The molecule has 2 atom stereocenters. The fourth-order valence-electron chi connectivity index (χ4n) is 4.02. The predicted molar refractivity (Wildman–Crippen MR) is 118 cm³/mol. The molecule has 1 aromatic carbocycles. The summed E-state index contributed by atoms with van der Waals surface area (Å²) in [4.78, 5) is 13.0. The minimum atomic E-state index is -3.83. The predicted octanol–water partition coefficient (Wildman–Crippen LogP) is 4.28. The molecule has 10 heteroatoms. The Morgan fingerprint density at radius 3 is 2.61 bits per heavy atom. The average Bonchev–Trinajstić information content (AvgIpc) is 3.40. The number of anilines is 1. The van der Waals surface area contributed by atoms with Crippen molar-refractivity contribution < 1.29 is 17.6 Å². The van der Waals surface area contributed by atoms with Crippen molar-refractivity contribution >= 4 is 33.0 Å². The Hall–Kier alpha value is -2.56. The minimum absolute atomic E-state index is 0.00997. The quantitative estimate of drug-likeness (QED) is 0.614. The van der Waals surface area contributed by atoms with Gasteiger partial charge < -0.3 is 5.32 Å². The summed E-state index contributed by atoms with van der Waals surface area (Å²) >= 11 is 1.05. The van der Waals surface area contributed by atoms with Gasteiger partial charge in [-0.25, -0.2) is 17.5 Å². The van der Waals surface area contributed by atoms with Crippen LogP contribution in [0, 0.1) is 5.82 Å². The van der Waals surface area contributed by atoms with Gasteiger partial charge in [-0.1, -0.05) is 6.42 Å². The molecule has 164 valence electrons. The fraction of sp³-hybridized carbons (Fsp3) is 0.333. The van der Waals surface area contributed by atoms with Gasteiger partial charge in [0.1, 0.15) is 15.5 Å². The van der Waals surface area contributed by atoms with Crippen LogP contribution in [-0.4, -0.2) is 40.5 Å². The lowest BCUT2D eigenvalue weighted by Crippen LogP contribution is -2.47. The number of nitrogens with one attached hydrogen (secondary N) is 1. The molecule has 1 fully saturated rings. The molecule has 7 nitrogen and oxygen atoms in total. The van der Waals surface area contributed by atoms with Crippen LogP contribution in [0.3, 0.4) is 0 Å². The van der Waals surface area contributed by atoms with Crippen molar-refractivity contribution in [1.82, 2.24) is 14.1 Å². The summed E-state index contributed by atoms with van der Waals surface area (Å²) in [6.07, 6.45) is 5.71. The maximum atomic E-state index is 14.5. The second kappa shape index (κ2) is 8.52. The highest BCUT2D eigenvalue weighted by atomic mass is 32.2. The van der Waals surface area contributed by atoms with Crippen molar-refractivity contribution in [3.05, 3.63) is 58.8 Å². The zero-order chi connectivity index (χ0) is 22.2. The number of rotatable bonds is 5. The number of hydrogen-bond donors (Lipinski definition) is 1. The van der Waals surface area contributed by atoms with E-state index in [2.05, 4.69) is 10.4 Å². The number of carbonyl (C=O) groups excluding carboxylic acids is 1. The van der Waals surface area contributed by atoms with Gasteiger partial charge in [0, 0.05) is 30.2 Å². The molecule has 0 saturated carbocycles. The van der Waals surface area contributed by atoms with Crippen molar-refractivity contribution in [3.8, 4) is 5.69 Å². The number of benzene rings is 1. The highest BCUT2D eigenvalue weighted by Crippen LogP contribution is 2.33. The lowest BCUT2D eigenvalue weighted by atomic mass is 10.0. The third kappa shape index (κ3) is 4.15. The molecule has 1 N–H and O–H groups in total. The highest BCUT2D eigenvalue weighted by Gasteiger charge is 2.38. The van der Waals surface area contributed by atoms with E-state index in [1.807, 2.05) is 13.8 Å². The van der Waals surface area contributed by atoms with Crippen molar-refractivity contribution in [2.75, 3.05) is 5.32 Å². The van der Waals surface area contributed by atoms with E-state index in [4.69, 9.17) is 0 Å². The Balaban J connectivity index is 1.59. The molecule has 2 aromatic heterocycles. The lowest BCUT2D eigenvalue weighted by Gasteiger charge is -2.37. The van der Waals surface area contributed by atoms with E-state index in [9.17, 15) is 17.6 Å². The summed E-state index contributed by atoms with van der Waals surface area (Å²) in [5.41, 5.74) is 0.477. The van der Waals surface area contributed by atoms with Crippen LogP contribution in [0.2, 0.25) is 0 Å². The third-order valence-electron chi connectivity index (χ3n) is 5.46. The SMILES string of the molecule is C[C@H]1CCC[C@H](C)N1S(=O)(=O)c1ccsc1C(=O)Nc1ccc(-n2cccn2)c(F)c1. The van der Waals surface area contributed by atoms with Crippen LogP contribution >= 0.6 is 11.3 Å². The summed E-state index contributed by atoms with van der Waals surface area (Å²) in [6.45, 7) is 3.78. The van der Waals surface area contributed by atoms with Gasteiger partial charge in [0.25, 0.3) is 5.91 Å². The third-order valence-corrected chi connectivity index (χ3v) is 8.67. The summed E-state index contributed by atoms with van der Waals surface area (Å²) in [7, 11) is -3.83. The zero-order valence-electron chi connectivity index (χ0n) is 17.2. The second-order valence-corrected chi connectivity index (χ2v) is 10.4. The van der Waals surface area contributed by atoms with Crippen LogP contribution in [0.25, 0.3) is 5.69 Å². The molecule has 1 saturated heterocycles. The molecule has 3 aromatic rings. The first kappa shape index (κ1) is 21.7. The van der Waals surface area contributed by atoms with E-state index in [0.717, 1.165) is 30.6 Å². The molecule has 0 aliphatic carbocycles. The highest BCUT2D eigenvalue weighted by molar-refractivity contribution is 7.89. The molecule has 1 aliphatic rings. The first-order chi connectivity index (χ1) is 14.8. The van der Waals surface area contributed by atoms with Crippen LogP contribution in [0.15, 0.2) is 53.0 Å². The van der Waals surface area contributed by atoms with Crippen LogP contribution in [0.5, 0.6) is 0 Å². The number of hydrogen-bond acceptors (Lipinski definition) is 5. The van der Waals surface area contributed by atoms with E-state index in [-0.39, 0.29) is 33.2 Å². The van der Waals surface area contributed by atoms with E-state index < -0.39 is 21.7 Å². The maximum absolute atomic E-state index is 14.5. The normalized spacial score (nSPS) is 20.0. The molecular weight excluding hydrogens is 439 g/mol. The van der Waals surface area contributed by atoms with Crippen LogP contribution < -0.4 is 5.32 Å². The Kier molecular flexibility index (Phi) is 5.96. The Bertz CT molecular complexity index is 1180. The Labute approximate surface area is 184 Å². The van der Waals surface area contributed by atoms with E-state index in [1.165, 1.54) is 33.4 Å². The van der Waals surface area contributed by atoms with Crippen LogP contribution in [0.4, 0.5) is 10.1 Å². The molecular formula is C21H23FN4O3S2. The summed E-state index contributed by atoms with van der Waals surface area (Å²) < 4.78 is 44.1. The van der Waals surface area contributed by atoms with Crippen LogP contribution in [0.1, 0.15) is 42.8 Å². The molecule has 1 amide bonds. The van der Waals surface area contributed by atoms with Gasteiger partial charge in [-0.05, 0) is 62.4 Å². The van der Waals surface area contributed by atoms with E-state index >= 15 is 0 Å². The molecule has 4 rings (SSSR count). The molecule has 31 heavy (non-hydrogen) atoms. The van der Waals surface area contributed by atoms with Gasteiger partial charge in [-0.2, -0.15) is 9.40 Å². The largest absolute Gasteiger partial charge is 0.321 e. The smallest absolute Gasteiger partial charge is 0.267 e. The van der Waals surface area contributed by atoms with E-state index in [0.29, 0.717) is 0 Å². The average molecular weight is 463 g/mol. The number of nitrogens with zero attached hydrogens (tertiary/aromatic N) is 3. The number of aromatic nitrogens is 2. The van der Waals surface area contributed by atoms with Crippen molar-refractivity contribution in [1.29, 1.82) is 0 Å². The van der Waals surface area contributed by atoms with Crippen molar-refractivity contribution in [2.45, 2.75) is 50.1 Å². The summed E-state index contributed by atoms with van der Waals surface area (Å²) in [6, 6.07) is 7.12. The molecule has 3 heterocycles. The minimum Gasteiger partial charge on any atom is -0.321 e. The standard InChI is InChI=1S/C21H23FN4O3S2/c1-14-5-3-6-15(2)26(14)31(28,29)19-9-12-30-20(19)21(27)24-16-7-8-18(17(22)13-16)25-11-4-10-23-25/h4,7-15H,3,5-6H2,1-2H3,(H,24,27)/t14-,15-/m0/s1. The van der Waals surface area contributed by atoms with Crippen molar-refractivity contribution in [2.24, 2.45) is 0 Å². The summed E-state index contributed by atoms with van der Waals surface area (Å²) in [5, 5.41) is 8.19. The van der Waals surface area contributed by atoms with Gasteiger partial charge in [0.05, 0.1) is 0 Å². The molecule has 0 radical (unpaired) electrons. The lowest BCUT2D eigenvalue weighted by molar-refractivity contribution is 0.102. The van der Waals surface area contributed by atoms with Gasteiger partial charge in [0.2, 0.25) is 10.0 Å². The Morgan fingerprint density at radius 2 is 1.97 bits per heavy atom. The number of sulfonamides is 1. The number of piperidine rings is 1. The van der Waals surface area contributed by atoms with Crippen molar-refractivity contribution in [3.63, 3.8) is 0 Å². The summed E-state index contributed by atoms with van der Waals surface area (Å²) in [5.74, 6) is -1.14. The van der Waals surface area contributed by atoms with Gasteiger partial charge in [0.15, 0.2) is 5.82 Å². The second-order valence-electron chi connectivity index (χ2n) is 7.65. The zero-order valence-corrected chi connectivity index (χ0v) is 18.8. The van der Waals surface area contributed by atoms with Crippen LogP contribution in [-0.2, 0) is 10.0 Å². The number of thiophene rings is 1.